The van der Waals surface area contributed by atoms with Gasteiger partial charge in [-0.1, -0.05) is 55.5 Å². The zero-order valence-electron chi connectivity index (χ0n) is 14.6. The fourth-order valence-corrected chi connectivity index (χ4v) is 3.34. The molecule has 3 heteroatoms. The molecule has 2 atom stereocenters. The third-order valence-corrected chi connectivity index (χ3v) is 4.72. The number of nitrogens with zero attached hydrogens (tertiary/aromatic N) is 1. The summed E-state index contributed by atoms with van der Waals surface area (Å²) >= 11 is 0. The van der Waals surface area contributed by atoms with Crippen LogP contribution < -0.4 is 4.74 Å². The number of aliphatic hydroxyl groups is 1. The van der Waals surface area contributed by atoms with Gasteiger partial charge in [-0.15, -0.1) is 0 Å². The number of aromatic nitrogens is 1. The molecule has 3 rings (SSSR count). The van der Waals surface area contributed by atoms with E-state index in [-0.39, 0.29) is 5.92 Å². The molecule has 0 aliphatic rings. The van der Waals surface area contributed by atoms with E-state index in [9.17, 15) is 5.11 Å². The standard InChI is InChI=1S/C22H23NO2/c1-3-22(24,18-12-14-19(25-2)15-13-18)21(17-9-5-4-6-10-17)20-11-7-8-16-23-20/h4-16,21,24H,3H2,1-2H3/t21-,22-/m0/s1. The number of rotatable bonds is 6. The lowest BCUT2D eigenvalue weighted by Gasteiger charge is -2.36. The summed E-state index contributed by atoms with van der Waals surface area (Å²) in [5.74, 6) is 0.518. The highest BCUT2D eigenvalue weighted by molar-refractivity contribution is 5.39. The Labute approximate surface area is 148 Å². The summed E-state index contributed by atoms with van der Waals surface area (Å²) in [7, 11) is 1.64. The molecule has 2 aromatic carbocycles. The molecule has 0 bridgehead atoms. The van der Waals surface area contributed by atoms with E-state index >= 15 is 0 Å². The Balaban J connectivity index is 2.14. The SMILES string of the molecule is CC[C@](O)(c1ccc(OC)cc1)[C@@H](c1ccccc1)c1ccccn1. The monoisotopic (exact) mass is 333 g/mol. The quantitative estimate of drug-likeness (QED) is 0.721. The van der Waals surface area contributed by atoms with Crippen LogP contribution in [0.15, 0.2) is 79.0 Å². The molecule has 1 aromatic heterocycles. The van der Waals surface area contributed by atoms with Crippen LogP contribution in [0.5, 0.6) is 5.75 Å². The van der Waals surface area contributed by atoms with E-state index in [1.165, 1.54) is 0 Å². The molecule has 3 aromatic rings. The normalized spacial score (nSPS) is 14.5. The summed E-state index contributed by atoms with van der Waals surface area (Å²) in [4.78, 5) is 4.54. The van der Waals surface area contributed by atoms with E-state index in [0.29, 0.717) is 6.42 Å². The summed E-state index contributed by atoms with van der Waals surface area (Å²) in [6.07, 6.45) is 2.34. The summed E-state index contributed by atoms with van der Waals surface area (Å²) in [5, 5.41) is 11.7. The highest BCUT2D eigenvalue weighted by atomic mass is 16.5. The van der Waals surface area contributed by atoms with E-state index in [2.05, 4.69) is 4.98 Å². The molecule has 0 saturated heterocycles. The lowest BCUT2D eigenvalue weighted by Crippen LogP contribution is -2.34. The number of benzene rings is 2. The third-order valence-electron chi connectivity index (χ3n) is 4.72. The van der Waals surface area contributed by atoms with Crippen molar-refractivity contribution in [2.75, 3.05) is 7.11 Å². The molecule has 0 fully saturated rings. The van der Waals surface area contributed by atoms with E-state index in [4.69, 9.17) is 4.74 Å². The Bertz CT molecular complexity index is 748. The molecule has 25 heavy (non-hydrogen) atoms. The minimum Gasteiger partial charge on any atom is -0.497 e. The maximum absolute atomic E-state index is 11.7. The lowest BCUT2D eigenvalue weighted by atomic mass is 9.74. The number of methoxy groups -OCH3 is 1. The number of pyridine rings is 1. The van der Waals surface area contributed by atoms with Gasteiger partial charge in [0.25, 0.3) is 0 Å². The fourth-order valence-electron chi connectivity index (χ4n) is 3.34. The van der Waals surface area contributed by atoms with Gasteiger partial charge in [-0.05, 0) is 41.8 Å². The molecule has 0 saturated carbocycles. The molecule has 1 heterocycles. The summed E-state index contributed by atoms with van der Waals surface area (Å²) in [5.41, 5.74) is 1.69. The van der Waals surface area contributed by atoms with Crippen molar-refractivity contribution in [1.29, 1.82) is 0 Å². The van der Waals surface area contributed by atoms with Crippen LogP contribution >= 0.6 is 0 Å². The molecule has 0 aliphatic heterocycles. The topological polar surface area (TPSA) is 42.4 Å². The maximum atomic E-state index is 11.7. The summed E-state index contributed by atoms with van der Waals surface area (Å²) in [6, 6.07) is 23.5. The minimum absolute atomic E-state index is 0.256. The summed E-state index contributed by atoms with van der Waals surface area (Å²) < 4.78 is 5.25. The van der Waals surface area contributed by atoms with E-state index in [0.717, 1.165) is 22.6 Å². The van der Waals surface area contributed by atoms with Gasteiger partial charge < -0.3 is 9.84 Å². The molecule has 0 unspecified atom stereocenters. The van der Waals surface area contributed by atoms with Crippen LogP contribution in [0, 0.1) is 0 Å². The van der Waals surface area contributed by atoms with Gasteiger partial charge in [-0.25, -0.2) is 0 Å². The van der Waals surface area contributed by atoms with Crippen molar-refractivity contribution in [1.82, 2.24) is 4.98 Å². The average molecular weight is 333 g/mol. The summed E-state index contributed by atoms with van der Waals surface area (Å²) in [6.45, 7) is 2.00. The molecule has 0 amide bonds. The van der Waals surface area contributed by atoms with Crippen molar-refractivity contribution < 1.29 is 9.84 Å². The van der Waals surface area contributed by atoms with E-state index in [1.807, 2.05) is 79.7 Å². The highest BCUT2D eigenvalue weighted by Gasteiger charge is 2.39. The number of hydrogen-bond acceptors (Lipinski definition) is 3. The first-order chi connectivity index (χ1) is 12.2. The van der Waals surface area contributed by atoms with Crippen LogP contribution in [-0.4, -0.2) is 17.2 Å². The first-order valence-electron chi connectivity index (χ1n) is 8.52. The van der Waals surface area contributed by atoms with Gasteiger partial charge in [0.15, 0.2) is 0 Å². The highest BCUT2D eigenvalue weighted by Crippen LogP contribution is 2.43. The molecule has 0 aliphatic carbocycles. The lowest BCUT2D eigenvalue weighted by molar-refractivity contribution is 0.0139. The molecular weight excluding hydrogens is 310 g/mol. The Kier molecular flexibility index (Phi) is 5.15. The van der Waals surface area contributed by atoms with Crippen LogP contribution in [0.3, 0.4) is 0 Å². The smallest absolute Gasteiger partial charge is 0.118 e. The van der Waals surface area contributed by atoms with Crippen LogP contribution in [0.2, 0.25) is 0 Å². The molecule has 0 spiro atoms. The van der Waals surface area contributed by atoms with Gasteiger partial charge in [0.2, 0.25) is 0 Å². The van der Waals surface area contributed by atoms with Gasteiger partial charge in [-0.3, -0.25) is 4.98 Å². The molecule has 3 nitrogen and oxygen atoms in total. The first kappa shape index (κ1) is 17.2. The van der Waals surface area contributed by atoms with Crippen molar-refractivity contribution in [3.63, 3.8) is 0 Å². The van der Waals surface area contributed by atoms with Crippen LogP contribution in [0.25, 0.3) is 0 Å². The first-order valence-corrected chi connectivity index (χ1v) is 8.52. The second-order valence-electron chi connectivity index (χ2n) is 6.10. The van der Waals surface area contributed by atoms with Gasteiger partial charge in [-0.2, -0.15) is 0 Å². The largest absolute Gasteiger partial charge is 0.497 e. The van der Waals surface area contributed by atoms with E-state index < -0.39 is 5.60 Å². The van der Waals surface area contributed by atoms with Crippen LogP contribution in [0.1, 0.15) is 36.1 Å². The van der Waals surface area contributed by atoms with Crippen molar-refractivity contribution in [3.05, 3.63) is 95.8 Å². The number of ether oxygens (including phenoxy) is 1. The van der Waals surface area contributed by atoms with Crippen molar-refractivity contribution >= 4 is 0 Å². The molecular formula is C22H23NO2. The van der Waals surface area contributed by atoms with E-state index in [1.54, 1.807) is 13.3 Å². The zero-order chi connectivity index (χ0) is 17.7. The van der Waals surface area contributed by atoms with Crippen molar-refractivity contribution in [2.24, 2.45) is 0 Å². The van der Waals surface area contributed by atoms with Gasteiger partial charge in [0.05, 0.1) is 18.7 Å². The fraction of sp³-hybridized carbons (Fsp3) is 0.227. The molecule has 128 valence electrons. The second kappa shape index (κ2) is 7.49. The van der Waals surface area contributed by atoms with Crippen LogP contribution in [0.4, 0.5) is 0 Å². The van der Waals surface area contributed by atoms with Gasteiger partial charge >= 0.3 is 0 Å². The van der Waals surface area contributed by atoms with Crippen molar-refractivity contribution in [2.45, 2.75) is 24.9 Å². The predicted molar refractivity (Wildman–Crippen MR) is 99.7 cm³/mol. The Morgan fingerprint density at radius 2 is 1.64 bits per heavy atom. The Morgan fingerprint density at radius 1 is 0.960 bits per heavy atom. The van der Waals surface area contributed by atoms with Gasteiger partial charge in [0, 0.05) is 6.20 Å². The Morgan fingerprint density at radius 3 is 2.20 bits per heavy atom. The second-order valence-corrected chi connectivity index (χ2v) is 6.10. The van der Waals surface area contributed by atoms with Crippen molar-refractivity contribution in [3.8, 4) is 5.75 Å². The zero-order valence-corrected chi connectivity index (χ0v) is 14.6. The average Bonchev–Trinajstić information content (AvgIpc) is 2.69. The number of hydrogen-bond donors (Lipinski definition) is 1. The molecule has 0 radical (unpaired) electrons. The maximum Gasteiger partial charge on any atom is 0.118 e. The van der Waals surface area contributed by atoms with Gasteiger partial charge in [0.1, 0.15) is 11.4 Å². The third kappa shape index (κ3) is 3.42. The molecule has 1 N–H and O–H groups in total. The Hall–Kier alpha value is -2.65. The van der Waals surface area contributed by atoms with Crippen LogP contribution in [-0.2, 0) is 5.60 Å². The minimum atomic E-state index is -1.07. The predicted octanol–water partition coefficient (Wildman–Crippen LogP) is 4.52.